The van der Waals surface area contributed by atoms with E-state index < -0.39 is 5.41 Å². The molecule has 7 nitrogen and oxygen atoms in total. The Morgan fingerprint density at radius 2 is 2.00 bits per heavy atom. The molecule has 1 saturated carbocycles. The van der Waals surface area contributed by atoms with Gasteiger partial charge in [0, 0.05) is 19.1 Å². The minimum atomic E-state index is -0.485. The third kappa shape index (κ3) is 2.81. The highest BCUT2D eigenvalue weighted by molar-refractivity contribution is 5.91. The molecule has 0 bridgehead atoms. The monoisotopic (exact) mass is 366 g/mol. The molecular weight excluding hydrogens is 347 g/mol. The van der Waals surface area contributed by atoms with Crippen LogP contribution in [-0.4, -0.2) is 44.8 Å². The second kappa shape index (κ2) is 6.00. The first-order chi connectivity index (χ1) is 13.1. The summed E-state index contributed by atoms with van der Waals surface area (Å²) >= 11 is 0. The molecule has 1 aromatic carbocycles. The molecule has 1 atom stereocenters. The summed E-state index contributed by atoms with van der Waals surface area (Å²) in [5.41, 5.74) is 1.12. The molecule has 27 heavy (non-hydrogen) atoms. The molecular formula is C19H19FN6O. The first kappa shape index (κ1) is 16.2. The molecule has 0 radical (unpaired) electrons. The van der Waals surface area contributed by atoms with Crippen molar-refractivity contribution in [2.45, 2.75) is 30.7 Å². The number of amides is 1. The quantitative estimate of drug-likeness (QED) is 0.761. The van der Waals surface area contributed by atoms with Crippen molar-refractivity contribution >= 4 is 17.4 Å². The zero-order valence-corrected chi connectivity index (χ0v) is 14.7. The van der Waals surface area contributed by atoms with Gasteiger partial charge in [0.05, 0.1) is 5.41 Å². The topological polar surface area (TPSA) is 75.4 Å². The summed E-state index contributed by atoms with van der Waals surface area (Å²) in [6.07, 6.45) is 4.07. The van der Waals surface area contributed by atoms with Crippen molar-refractivity contribution in [3.8, 4) is 0 Å². The maximum absolute atomic E-state index is 13.2. The molecule has 1 aliphatic carbocycles. The molecule has 138 valence electrons. The van der Waals surface area contributed by atoms with Crippen molar-refractivity contribution in [1.29, 1.82) is 0 Å². The zero-order chi connectivity index (χ0) is 18.4. The van der Waals surface area contributed by atoms with Crippen LogP contribution >= 0.6 is 0 Å². The number of carbonyl (C=O) groups excluding carboxylic acids is 1. The van der Waals surface area contributed by atoms with Crippen LogP contribution in [0.4, 0.5) is 10.2 Å². The highest BCUT2D eigenvalue weighted by atomic mass is 19.1. The van der Waals surface area contributed by atoms with E-state index in [0.717, 1.165) is 37.2 Å². The maximum Gasteiger partial charge on any atom is 0.230 e. The fourth-order valence-corrected chi connectivity index (χ4v) is 3.84. The van der Waals surface area contributed by atoms with Crippen LogP contribution in [0.5, 0.6) is 0 Å². The average Bonchev–Trinajstić information content (AvgIpc) is 3.13. The average molecular weight is 366 g/mol. The normalized spacial score (nSPS) is 20.8. The zero-order valence-electron chi connectivity index (χ0n) is 14.7. The van der Waals surface area contributed by atoms with Crippen LogP contribution < -0.4 is 10.2 Å². The predicted molar refractivity (Wildman–Crippen MR) is 96.9 cm³/mol. The lowest BCUT2D eigenvalue weighted by Gasteiger charge is -2.21. The number of fused-ring (bicyclic) bond motifs is 1. The van der Waals surface area contributed by atoms with Crippen LogP contribution in [0.2, 0.25) is 0 Å². The Kier molecular flexibility index (Phi) is 3.60. The fourth-order valence-electron chi connectivity index (χ4n) is 3.84. The van der Waals surface area contributed by atoms with Gasteiger partial charge in [0.25, 0.3) is 0 Å². The Bertz CT molecular complexity index is 997. The van der Waals surface area contributed by atoms with Gasteiger partial charge < -0.3 is 10.2 Å². The first-order valence-corrected chi connectivity index (χ1v) is 9.13. The molecule has 2 aromatic heterocycles. The molecule has 2 fully saturated rings. The molecule has 1 aliphatic heterocycles. The third-order valence-electron chi connectivity index (χ3n) is 5.58. The lowest BCUT2D eigenvalue weighted by atomic mass is 9.94. The molecule has 1 N–H and O–H groups in total. The number of rotatable bonds is 4. The Hall–Kier alpha value is -3.03. The number of hydrogen-bond acceptors (Lipinski definition) is 5. The predicted octanol–water partition coefficient (Wildman–Crippen LogP) is 1.69. The standard InChI is InChI=1S/C19H19FN6O/c20-14-3-1-13(2-4-14)19(8-9-19)18(27)22-15-7-10-25(11-15)17-6-5-16-23-21-12-26(16)24-17/h1-6,12,15H,7-11H2,(H,22,27)/t15-/m1/s1. The van der Waals surface area contributed by atoms with E-state index in [9.17, 15) is 9.18 Å². The van der Waals surface area contributed by atoms with Gasteiger partial charge in [-0.3, -0.25) is 4.79 Å². The summed E-state index contributed by atoms with van der Waals surface area (Å²) in [5, 5.41) is 15.5. The van der Waals surface area contributed by atoms with Crippen LogP contribution in [0.3, 0.4) is 0 Å². The van der Waals surface area contributed by atoms with Crippen LogP contribution in [0.15, 0.2) is 42.7 Å². The molecule has 0 spiro atoms. The van der Waals surface area contributed by atoms with E-state index >= 15 is 0 Å². The van der Waals surface area contributed by atoms with Gasteiger partial charge in [0.2, 0.25) is 5.91 Å². The number of halogens is 1. The number of benzene rings is 1. The Morgan fingerprint density at radius 1 is 1.19 bits per heavy atom. The van der Waals surface area contributed by atoms with Gasteiger partial charge in [-0.2, -0.15) is 4.52 Å². The van der Waals surface area contributed by atoms with E-state index in [-0.39, 0.29) is 17.8 Å². The van der Waals surface area contributed by atoms with Crippen molar-refractivity contribution in [3.63, 3.8) is 0 Å². The van der Waals surface area contributed by atoms with Crippen LogP contribution in [0.1, 0.15) is 24.8 Å². The lowest BCUT2D eigenvalue weighted by Crippen LogP contribution is -2.43. The van der Waals surface area contributed by atoms with Crippen molar-refractivity contribution < 1.29 is 9.18 Å². The number of aromatic nitrogens is 4. The van der Waals surface area contributed by atoms with Gasteiger partial charge in [0.1, 0.15) is 18.0 Å². The molecule has 5 rings (SSSR count). The van der Waals surface area contributed by atoms with Crippen molar-refractivity contribution in [2.75, 3.05) is 18.0 Å². The van der Waals surface area contributed by atoms with Gasteiger partial charge >= 0.3 is 0 Å². The molecule has 1 amide bonds. The van der Waals surface area contributed by atoms with Gasteiger partial charge in [-0.15, -0.1) is 15.3 Å². The largest absolute Gasteiger partial charge is 0.353 e. The van der Waals surface area contributed by atoms with Gasteiger partial charge in [0.15, 0.2) is 5.65 Å². The molecule has 1 saturated heterocycles. The van der Waals surface area contributed by atoms with E-state index in [0.29, 0.717) is 12.2 Å². The van der Waals surface area contributed by atoms with Crippen molar-refractivity contribution in [3.05, 3.63) is 54.1 Å². The number of nitrogens with one attached hydrogen (secondary N) is 1. The molecule has 0 unspecified atom stereocenters. The van der Waals surface area contributed by atoms with Crippen LogP contribution in [0.25, 0.3) is 5.65 Å². The highest BCUT2D eigenvalue weighted by Crippen LogP contribution is 2.48. The summed E-state index contributed by atoms with van der Waals surface area (Å²) in [5.74, 6) is 0.612. The fraction of sp³-hybridized carbons (Fsp3) is 0.368. The minimum absolute atomic E-state index is 0.0446. The lowest BCUT2D eigenvalue weighted by molar-refractivity contribution is -0.124. The van der Waals surface area contributed by atoms with E-state index in [1.165, 1.54) is 12.1 Å². The second-order valence-corrected chi connectivity index (χ2v) is 7.32. The summed E-state index contributed by atoms with van der Waals surface area (Å²) in [6, 6.07) is 10.2. The molecule has 8 heteroatoms. The minimum Gasteiger partial charge on any atom is -0.353 e. The third-order valence-corrected chi connectivity index (χ3v) is 5.58. The van der Waals surface area contributed by atoms with Crippen molar-refractivity contribution in [1.82, 2.24) is 25.1 Å². The van der Waals surface area contributed by atoms with Crippen LogP contribution in [0, 0.1) is 5.82 Å². The maximum atomic E-state index is 13.2. The Morgan fingerprint density at radius 3 is 2.78 bits per heavy atom. The van der Waals surface area contributed by atoms with Crippen molar-refractivity contribution in [2.24, 2.45) is 0 Å². The van der Waals surface area contributed by atoms with E-state index in [2.05, 4.69) is 25.5 Å². The Labute approximate surface area is 155 Å². The van der Waals surface area contributed by atoms with Gasteiger partial charge in [-0.25, -0.2) is 4.39 Å². The second-order valence-electron chi connectivity index (χ2n) is 7.32. The summed E-state index contributed by atoms with van der Waals surface area (Å²) in [7, 11) is 0. The SMILES string of the molecule is O=C(N[C@@H]1CCN(c2ccc3nncn3n2)C1)C1(c2ccc(F)cc2)CC1. The number of carbonyl (C=O) groups is 1. The Balaban J connectivity index is 1.27. The summed E-state index contributed by atoms with van der Waals surface area (Å²) in [6.45, 7) is 1.54. The summed E-state index contributed by atoms with van der Waals surface area (Å²) in [4.78, 5) is 15.0. The molecule has 3 heterocycles. The van der Waals surface area contributed by atoms with E-state index in [4.69, 9.17) is 0 Å². The number of anilines is 1. The van der Waals surface area contributed by atoms with Gasteiger partial charge in [-0.05, 0) is 49.1 Å². The number of nitrogens with zero attached hydrogens (tertiary/aromatic N) is 5. The smallest absolute Gasteiger partial charge is 0.230 e. The molecule has 2 aliphatic rings. The van der Waals surface area contributed by atoms with E-state index in [1.54, 1.807) is 23.0 Å². The molecule has 3 aromatic rings. The summed E-state index contributed by atoms with van der Waals surface area (Å²) < 4.78 is 14.8. The van der Waals surface area contributed by atoms with Gasteiger partial charge in [-0.1, -0.05) is 12.1 Å². The first-order valence-electron chi connectivity index (χ1n) is 9.13. The highest BCUT2D eigenvalue weighted by Gasteiger charge is 2.51. The van der Waals surface area contributed by atoms with Crippen LogP contribution in [-0.2, 0) is 10.2 Å². The van der Waals surface area contributed by atoms with E-state index in [1.807, 2.05) is 12.1 Å². The number of hydrogen-bond donors (Lipinski definition) is 1.